The maximum absolute atomic E-state index is 12.4. The fourth-order valence-corrected chi connectivity index (χ4v) is 3.83. The van der Waals surface area contributed by atoms with Gasteiger partial charge in [0.25, 0.3) is 5.56 Å². The Morgan fingerprint density at radius 1 is 1.19 bits per heavy atom. The van der Waals surface area contributed by atoms with Crippen LogP contribution in [0.15, 0.2) is 45.1 Å². The predicted octanol–water partition coefficient (Wildman–Crippen LogP) is 2.80. The maximum Gasteiger partial charge on any atom is 0.329 e. The Balaban J connectivity index is 1.94. The second kappa shape index (κ2) is 7.95. The van der Waals surface area contributed by atoms with Gasteiger partial charge in [0.15, 0.2) is 16.3 Å². The Morgan fingerprint density at radius 3 is 2.62 bits per heavy atom. The molecule has 2 aromatic heterocycles. The van der Waals surface area contributed by atoms with Crippen LogP contribution in [0.2, 0.25) is 0 Å². The van der Waals surface area contributed by atoms with Crippen LogP contribution in [0.25, 0.3) is 11.2 Å². The average molecular weight is 372 g/mol. The summed E-state index contributed by atoms with van der Waals surface area (Å²) in [5, 5.41) is 0.800. The number of rotatable bonds is 7. The normalized spacial score (nSPS) is 11.5. The van der Waals surface area contributed by atoms with Crippen molar-refractivity contribution in [1.29, 1.82) is 0 Å². The smallest absolute Gasteiger partial charge is 0.313 e. The lowest BCUT2D eigenvalue weighted by atomic mass is 10.1. The van der Waals surface area contributed by atoms with E-state index in [1.54, 1.807) is 18.8 Å². The van der Waals surface area contributed by atoms with Crippen LogP contribution >= 0.6 is 11.8 Å². The minimum Gasteiger partial charge on any atom is -0.313 e. The number of H-pyrrole nitrogens is 1. The van der Waals surface area contributed by atoms with Crippen LogP contribution in [0, 0.1) is 5.92 Å². The van der Waals surface area contributed by atoms with E-state index in [-0.39, 0.29) is 5.56 Å². The molecule has 0 saturated heterocycles. The van der Waals surface area contributed by atoms with Crippen LogP contribution in [0.1, 0.15) is 25.8 Å². The monoisotopic (exact) mass is 372 g/mol. The molecule has 0 aliphatic carbocycles. The molecule has 1 aromatic carbocycles. The number of imidazole rings is 1. The highest BCUT2D eigenvalue weighted by molar-refractivity contribution is 7.99. The lowest BCUT2D eigenvalue weighted by molar-refractivity contribution is 0.607. The van der Waals surface area contributed by atoms with Crippen LogP contribution in [0.5, 0.6) is 0 Å². The maximum atomic E-state index is 12.4. The molecule has 26 heavy (non-hydrogen) atoms. The second-order valence-electron chi connectivity index (χ2n) is 6.83. The first-order valence-corrected chi connectivity index (χ1v) is 9.82. The van der Waals surface area contributed by atoms with E-state index < -0.39 is 5.69 Å². The average Bonchev–Trinajstić information content (AvgIpc) is 2.98. The van der Waals surface area contributed by atoms with E-state index in [1.165, 1.54) is 10.1 Å². The molecule has 0 saturated carbocycles. The number of aromatic nitrogens is 4. The molecule has 0 fully saturated rings. The van der Waals surface area contributed by atoms with Crippen molar-refractivity contribution in [2.45, 2.75) is 38.4 Å². The quantitative estimate of drug-likeness (QED) is 0.647. The molecule has 0 atom stereocenters. The zero-order chi connectivity index (χ0) is 18.7. The molecule has 7 heteroatoms. The molecular formula is C19H24N4O2S. The standard InChI is InChI=1S/C19H24N4O2S/c1-13(2)12-26-19-20-16-15(17(24)21-18(25)22(16)3)23(19)11-7-10-14-8-5-4-6-9-14/h4-6,8-9,13H,7,10-12H2,1-3H3,(H,21,24,25). The van der Waals surface area contributed by atoms with Gasteiger partial charge in [-0.1, -0.05) is 55.9 Å². The third-order valence-electron chi connectivity index (χ3n) is 4.21. The van der Waals surface area contributed by atoms with Gasteiger partial charge >= 0.3 is 5.69 Å². The predicted molar refractivity (Wildman–Crippen MR) is 106 cm³/mol. The van der Waals surface area contributed by atoms with E-state index in [0.717, 1.165) is 23.8 Å². The van der Waals surface area contributed by atoms with Crippen LogP contribution in [0.3, 0.4) is 0 Å². The summed E-state index contributed by atoms with van der Waals surface area (Å²) in [5.74, 6) is 1.42. The molecule has 0 amide bonds. The van der Waals surface area contributed by atoms with E-state index in [9.17, 15) is 9.59 Å². The Morgan fingerprint density at radius 2 is 1.92 bits per heavy atom. The summed E-state index contributed by atoms with van der Waals surface area (Å²) in [7, 11) is 1.64. The lowest BCUT2D eigenvalue weighted by Gasteiger charge is -2.09. The highest BCUT2D eigenvalue weighted by Crippen LogP contribution is 2.24. The van der Waals surface area contributed by atoms with E-state index >= 15 is 0 Å². The van der Waals surface area contributed by atoms with Crippen molar-refractivity contribution < 1.29 is 0 Å². The summed E-state index contributed by atoms with van der Waals surface area (Å²) in [6.07, 6.45) is 1.82. The SMILES string of the molecule is CC(C)CSc1nc2c(c(=O)[nH]c(=O)n2C)n1CCCc1ccccc1. The number of fused-ring (bicyclic) bond motifs is 1. The van der Waals surface area contributed by atoms with Gasteiger partial charge in [-0.05, 0) is 24.3 Å². The molecule has 3 aromatic rings. The topological polar surface area (TPSA) is 72.7 Å². The zero-order valence-corrected chi connectivity index (χ0v) is 16.2. The Bertz CT molecular complexity index is 1000. The molecule has 2 heterocycles. The van der Waals surface area contributed by atoms with E-state index in [0.29, 0.717) is 23.6 Å². The molecule has 0 spiro atoms. The van der Waals surface area contributed by atoms with Crippen LogP contribution in [-0.4, -0.2) is 24.9 Å². The van der Waals surface area contributed by atoms with Crippen molar-refractivity contribution in [3.05, 3.63) is 56.7 Å². The lowest BCUT2D eigenvalue weighted by Crippen LogP contribution is -2.29. The molecule has 3 rings (SSSR count). The second-order valence-corrected chi connectivity index (χ2v) is 7.82. The number of aryl methyl sites for hydroxylation is 3. The van der Waals surface area contributed by atoms with Crippen molar-refractivity contribution in [3.63, 3.8) is 0 Å². The van der Waals surface area contributed by atoms with Crippen LogP contribution < -0.4 is 11.2 Å². The highest BCUT2D eigenvalue weighted by atomic mass is 32.2. The minimum absolute atomic E-state index is 0.369. The van der Waals surface area contributed by atoms with Crippen LogP contribution in [-0.2, 0) is 20.0 Å². The van der Waals surface area contributed by atoms with Gasteiger partial charge in [-0.25, -0.2) is 9.78 Å². The number of benzene rings is 1. The van der Waals surface area contributed by atoms with Crippen molar-refractivity contribution in [2.75, 3.05) is 5.75 Å². The fourth-order valence-electron chi connectivity index (χ4n) is 2.86. The van der Waals surface area contributed by atoms with Gasteiger partial charge in [0.05, 0.1) is 0 Å². The summed E-state index contributed by atoms with van der Waals surface area (Å²) in [4.78, 5) is 31.3. The molecule has 1 N–H and O–H groups in total. The summed E-state index contributed by atoms with van der Waals surface area (Å²) in [5.41, 5.74) is 1.40. The number of nitrogens with one attached hydrogen (secondary N) is 1. The van der Waals surface area contributed by atoms with Crippen molar-refractivity contribution in [2.24, 2.45) is 13.0 Å². The number of hydrogen-bond donors (Lipinski definition) is 1. The summed E-state index contributed by atoms with van der Waals surface area (Å²) in [6.45, 7) is 4.99. The van der Waals surface area contributed by atoms with Gasteiger partial charge in [0.1, 0.15) is 0 Å². The Labute approximate surface area is 156 Å². The van der Waals surface area contributed by atoms with Gasteiger partial charge in [-0.3, -0.25) is 14.3 Å². The highest BCUT2D eigenvalue weighted by Gasteiger charge is 2.17. The first-order valence-electron chi connectivity index (χ1n) is 8.83. The van der Waals surface area contributed by atoms with E-state index in [1.807, 2.05) is 22.8 Å². The van der Waals surface area contributed by atoms with Gasteiger partial charge in [0.2, 0.25) is 0 Å². The molecule has 0 bridgehead atoms. The van der Waals surface area contributed by atoms with Crippen LogP contribution in [0.4, 0.5) is 0 Å². The Kier molecular flexibility index (Phi) is 5.66. The van der Waals surface area contributed by atoms with Gasteiger partial charge < -0.3 is 4.57 Å². The van der Waals surface area contributed by atoms with Crippen molar-refractivity contribution in [1.82, 2.24) is 19.1 Å². The van der Waals surface area contributed by atoms with Gasteiger partial charge in [-0.2, -0.15) is 0 Å². The van der Waals surface area contributed by atoms with E-state index in [2.05, 4.69) is 35.9 Å². The van der Waals surface area contributed by atoms with E-state index in [4.69, 9.17) is 0 Å². The number of hydrogen-bond acceptors (Lipinski definition) is 4. The summed E-state index contributed by atoms with van der Waals surface area (Å²) >= 11 is 1.63. The third-order valence-corrected chi connectivity index (χ3v) is 5.61. The molecular weight excluding hydrogens is 348 g/mol. The molecule has 0 unspecified atom stereocenters. The van der Waals surface area contributed by atoms with Gasteiger partial charge in [-0.15, -0.1) is 0 Å². The molecule has 138 valence electrons. The number of thioether (sulfide) groups is 1. The minimum atomic E-state index is -0.433. The third kappa shape index (κ3) is 3.93. The first-order chi connectivity index (χ1) is 12.5. The molecule has 6 nitrogen and oxygen atoms in total. The van der Waals surface area contributed by atoms with Crippen molar-refractivity contribution in [3.8, 4) is 0 Å². The number of aromatic amines is 1. The molecule has 0 aliphatic rings. The fraction of sp³-hybridized carbons (Fsp3) is 0.421. The molecule has 0 aliphatic heterocycles. The summed E-state index contributed by atoms with van der Waals surface area (Å²) < 4.78 is 3.37. The zero-order valence-electron chi connectivity index (χ0n) is 15.4. The van der Waals surface area contributed by atoms with Gasteiger partial charge in [0, 0.05) is 19.3 Å². The Hall–Kier alpha value is -2.28. The first kappa shape index (κ1) is 18.5. The summed E-state index contributed by atoms with van der Waals surface area (Å²) in [6, 6.07) is 10.3. The number of nitrogens with zero attached hydrogens (tertiary/aromatic N) is 3. The molecule has 0 radical (unpaired) electrons. The largest absolute Gasteiger partial charge is 0.329 e. The van der Waals surface area contributed by atoms with Crippen molar-refractivity contribution >= 4 is 22.9 Å².